The van der Waals surface area contributed by atoms with Gasteiger partial charge in [-0.25, -0.2) is 4.79 Å². The van der Waals surface area contributed by atoms with E-state index in [9.17, 15) is 14.7 Å². The number of carboxylic acids is 1. The van der Waals surface area contributed by atoms with E-state index in [4.69, 9.17) is 0 Å². The first-order valence-electron chi connectivity index (χ1n) is 7.74. The van der Waals surface area contributed by atoms with Crippen molar-refractivity contribution in [2.24, 2.45) is 0 Å². The molecule has 0 saturated carbocycles. The second-order valence-electron chi connectivity index (χ2n) is 5.56. The highest BCUT2D eigenvalue weighted by molar-refractivity contribution is 8.00. The molecule has 2 aromatic rings. The van der Waals surface area contributed by atoms with E-state index in [1.54, 1.807) is 11.5 Å². The van der Waals surface area contributed by atoms with Crippen molar-refractivity contribution >= 4 is 35.0 Å². The Bertz CT molecular complexity index is 729. The van der Waals surface area contributed by atoms with Crippen molar-refractivity contribution in [3.63, 3.8) is 0 Å². The van der Waals surface area contributed by atoms with Crippen molar-refractivity contribution in [2.75, 3.05) is 6.54 Å². The minimum absolute atomic E-state index is 0.0206. The normalized spacial score (nSPS) is 19.5. The molecule has 7 nitrogen and oxygen atoms in total. The minimum Gasteiger partial charge on any atom is -0.480 e. The summed E-state index contributed by atoms with van der Waals surface area (Å²) in [5.74, 6) is -0.455. The Labute approximate surface area is 147 Å². The van der Waals surface area contributed by atoms with Gasteiger partial charge < -0.3 is 10.4 Å². The molecule has 1 aliphatic rings. The maximum atomic E-state index is 12.2. The van der Waals surface area contributed by atoms with E-state index in [1.807, 2.05) is 17.5 Å². The fraction of sp³-hybridized carbons (Fsp3) is 0.467. The molecular formula is C15H18N4O3S2. The lowest BCUT2D eigenvalue weighted by molar-refractivity contribution is -0.140. The molecule has 1 saturated heterocycles. The van der Waals surface area contributed by atoms with Crippen LogP contribution in [0.15, 0.2) is 22.7 Å². The smallest absolute Gasteiger partial charge is 0.326 e. The van der Waals surface area contributed by atoms with E-state index in [2.05, 4.69) is 15.5 Å². The predicted molar refractivity (Wildman–Crippen MR) is 92.2 cm³/mol. The maximum absolute atomic E-state index is 12.2. The highest BCUT2D eigenvalue weighted by Gasteiger charge is 2.29. The van der Waals surface area contributed by atoms with Gasteiger partial charge in [-0.3, -0.25) is 9.36 Å². The Morgan fingerprint density at radius 2 is 2.33 bits per heavy atom. The summed E-state index contributed by atoms with van der Waals surface area (Å²) in [4.78, 5) is 24.5. The molecule has 128 valence electrons. The standard InChI is InChI=1S/C15H18N4O3S2/c1-9(14(21)22)19-12(10-6-4-8-23-10)17-18-15(19)24-11-5-2-3-7-16-13(11)20/h4,6,8-9,11H,2-3,5,7H2,1H3,(H,16,20)(H,21,22)/t9-,11+/m0/s1. The van der Waals surface area contributed by atoms with Crippen LogP contribution in [0.1, 0.15) is 32.2 Å². The Balaban J connectivity index is 1.95. The number of thioether (sulfide) groups is 1. The number of aromatic nitrogens is 3. The van der Waals surface area contributed by atoms with E-state index in [0.29, 0.717) is 17.5 Å². The van der Waals surface area contributed by atoms with Gasteiger partial charge in [-0.05, 0) is 31.2 Å². The highest BCUT2D eigenvalue weighted by atomic mass is 32.2. The van der Waals surface area contributed by atoms with Gasteiger partial charge in [0.1, 0.15) is 6.04 Å². The molecule has 1 amide bonds. The largest absolute Gasteiger partial charge is 0.480 e. The zero-order valence-electron chi connectivity index (χ0n) is 13.1. The van der Waals surface area contributed by atoms with Crippen molar-refractivity contribution in [1.29, 1.82) is 0 Å². The number of rotatable bonds is 5. The van der Waals surface area contributed by atoms with Gasteiger partial charge in [0.15, 0.2) is 11.0 Å². The summed E-state index contributed by atoms with van der Waals surface area (Å²) >= 11 is 2.77. The minimum atomic E-state index is -0.959. The third-order valence-corrected chi connectivity index (χ3v) is 5.97. The van der Waals surface area contributed by atoms with Gasteiger partial charge >= 0.3 is 5.97 Å². The van der Waals surface area contributed by atoms with Crippen LogP contribution in [-0.4, -0.2) is 43.5 Å². The van der Waals surface area contributed by atoms with Crippen molar-refractivity contribution in [1.82, 2.24) is 20.1 Å². The zero-order valence-corrected chi connectivity index (χ0v) is 14.8. The Morgan fingerprint density at radius 3 is 3.04 bits per heavy atom. The lowest BCUT2D eigenvalue weighted by Crippen LogP contribution is -2.31. The molecule has 0 radical (unpaired) electrons. The number of carbonyl (C=O) groups is 2. The third kappa shape index (κ3) is 3.46. The van der Waals surface area contributed by atoms with E-state index in [1.165, 1.54) is 23.1 Å². The molecule has 1 fully saturated rings. The van der Waals surface area contributed by atoms with Crippen LogP contribution in [0.4, 0.5) is 0 Å². The Morgan fingerprint density at radius 1 is 1.50 bits per heavy atom. The molecule has 3 rings (SSSR count). The fourth-order valence-corrected chi connectivity index (χ4v) is 4.42. The summed E-state index contributed by atoms with van der Waals surface area (Å²) in [6.07, 6.45) is 2.66. The first kappa shape index (κ1) is 17.0. The number of carboxylic acid groups (broad SMARTS) is 1. The number of nitrogens with zero attached hydrogens (tertiary/aromatic N) is 3. The van der Waals surface area contributed by atoms with Gasteiger partial charge in [-0.2, -0.15) is 0 Å². The van der Waals surface area contributed by atoms with Crippen molar-refractivity contribution in [3.05, 3.63) is 17.5 Å². The first-order valence-corrected chi connectivity index (χ1v) is 9.50. The van der Waals surface area contributed by atoms with E-state index in [0.717, 1.165) is 24.1 Å². The lowest BCUT2D eigenvalue weighted by atomic mass is 10.2. The average Bonchev–Trinajstić information content (AvgIpc) is 3.17. The van der Waals surface area contributed by atoms with Crippen LogP contribution in [0.25, 0.3) is 10.7 Å². The summed E-state index contributed by atoms with van der Waals surface area (Å²) in [6, 6.07) is 2.95. The second kappa shape index (κ2) is 7.35. The summed E-state index contributed by atoms with van der Waals surface area (Å²) < 4.78 is 1.61. The van der Waals surface area contributed by atoms with E-state index < -0.39 is 12.0 Å². The molecule has 0 unspecified atom stereocenters. The van der Waals surface area contributed by atoms with Gasteiger partial charge in [0.25, 0.3) is 0 Å². The monoisotopic (exact) mass is 366 g/mol. The topological polar surface area (TPSA) is 97.1 Å². The van der Waals surface area contributed by atoms with E-state index in [-0.39, 0.29) is 11.2 Å². The summed E-state index contributed by atoms with van der Waals surface area (Å²) in [7, 11) is 0. The molecule has 24 heavy (non-hydrogen) atoms. The molecule has 1 aliphatic heterocycles. The lowest BCUT2D eigenvalue weighted by Gasteiger charge is -2.16. The second-order valence-corrected chi connectivity index (χ2v) is 7.68. The molecule has 2 aromatic heterocycles. The fourth-order valence-electron chi connectivity index (χ4n) is 2.54. The van der Waals surface area contributed by atoms with Gasteiger partial charge in [0.05, 0.1) is 10.1 Å². The zero-order chi connectivity index (χ0) is 17.1. The number of carbonyl (C=O) groups excluding carboxylic acids is 1. The van der Waals surface area contributed by atoms with Crippen LogP contribution in [0, 0.1) is 0 Å². The van der Waals surface area contributed by atoms with Gasteiger partial charge in [-0.1, -0.05) is 24.2 Å². The summed E-state index contributed by atoms with van der Waals surface area (Å²) in [5.41, 5.74) is 0. The number of aliphatic carboxylic acids is 1. The predicted octanol–water partition coefficient (Wildman–Crippen LogP) is 2.41. The van der Waals surface area contributed by atoms with Crippen LogP contribution in [-0.2, 0) is 9.59 Å². The van der Waals surface area contributed by atoms with Gasteiger partial charge in [0, 0.05) is 6.54 Å². The molecule has 2 N–H and O–H groups in total. The van der Waals surface area contributed by atoms with Crippen molar-refractivity contribution < 1.29 is 14.7 Å². The number of hydrogen-bond acceptors (Lipinski definition) is 6. The molecule has 0 aliphatic carbocycles. The Kier molecular flexibility index (Phi) is 5.20. The Hall–Kier alpha value is -1.87. The molecule has 0 spiro atoms. The third-order valence-electron chi connectivity index (χ3n) is 3.88. The molecule has 2 atom stereocenters. The van der Waals surface area contributed by atoms with Crippen LogP contribution >= 0.6 is 23.1 Å². The number of amides is 1. The van der Waals surface area contributed by atoms with Crippen LogP contribution in [0.2, 0.25) is 0 Å². The summed E-state index contributed by atoms with van der Waals surface area (Å²) in [6.45, 7) is 2.29. The maximum Gasteiger partial charge on any atom is 0.326 e. The van der Waals surface area contributed by atoms with Crippen LogP contribution < -0.4 is 5.32 Å². The average molecular weight is 366 g/mol. The van der Waals surface area contributed by atoms with Gasteiger partial charge in [0.2, 0.25) is 5.91 Å². The number of hydrogen-bond donors (Lipinski definition) is 2. The quantitative estimate of drug-likeness (QED) is 0.843. The summed E-state index contributed by atoms with van der Waals surface area (Å²) in [5, 5.41) is 22.8. The van der Waals surface area contributed by atoms with Crippen LogP contribution in [0.5, 0.6) is 0 Å². The molecule has 3 heterocycles. The molecule has 9 heteroatoms. The highest BCUT2D eigenvalue weighted by Crippen LogP contribution is 2.33. The van der Waals surface area contributed by atoms with Crippen molar-refractivity contribution in [3.8, 4) is 10.7 Å². The van der Waals surface area contributed by atoms with Crippen LogP contribution in [0.3, 0.4) is 0 Å². The molecule has 0 aromatic carbocycles. The SMILES string of the molecule is C[C@@H](C(=O)O)n1c(S[C@@H]2CCCCNC2=O)nnc1-c1cccs1. The van der Waals surface area contributed by atoms with Gasteiger partial charge in [-0.15, -0.1) is 21.5 Å². The molecule has 0 bridgehead atoms. The molecular weight excluding hydrogens is 348 g/mol. The van der Waals surface area contributed by atoms with Crippen molar-refractivity contribution in [2.45, 2.75) is 42.6 Å². The van der Waals surface area contributed by atoms with E-state index >= 15 is 0 Å². The first-order chi connectivity index (χ1) is 11.6. The number of nitrogens with one attached hydrogen (secondary N) is 1. The number of thiophene rings is 1.